The predicted octanol–water partition coefficient (Wildman–Crippen LogP) is 4.52. The molecule has 1 aromatic heterocycles. The van der Waals surface area contributed by atoms with Crippen molar-refractivity contribution in [3.8, 4) is 22.8 Å². The molecule has 0 aliphatic carbocycles. The monoisotopic (exact) mass is 413 g/mol. The van der Waals surface area contributed by atoms with E-state index >= 15 is 0 Å². The van der Waals surface area contributed by atoms with Crippen molar-refractivity contribution >= 4 is 28.1 Å². The van der Waals surface area contributed by atoms with Gasteiger partial charge in [-0.3, -0.25) is 14.9 Å². The quantitative estimate of drug-likeness (QED) is 0.314. The van der Waals surface area contributed by atoms with Gasteiger partial charge in [0.1, 0.15) is 11.5 Å². The molecule has 0 fully saturated rings. The number of anilines is 1. The van der Waals surface area contributed by atoms with E-state index in [1.54, 1.807) is 24.6 Å². The van der Waals surface area contributed by atoms with Gasteiger partial charge in [0.15, 0.2) is 5.13 Å². The summed E-state index contributed by atoms with van der Waals surface area (Å²) < 4.78 is 10.7. The lowest BCUT2D eigenvalue weighted by Crippen LogP contribution is -2.12. The Morgan fingerprint density at radius 3 is 2.69 bits per heavy atom. The molecule has 0 spiro atoms. The molecule has 0 radical (unpaired) electrons. The van der Waals surface area contributed by atoms with Crippen LogP contribution in [-0.2, 0) is 4.79 Å². The van der Waals surface area contributed by atoms with Gasteiger partial charge in [-0.2, -0.15) is 0 Å². The zero-order valence-corrected chi connectivity index (χ0v) is 16.5. The van der Waals surface area contributed by atoms with Crippen LogP contribution >= 0.6 is 11.3 Å². The molecule has 0 atom stereocenters. The average molecular weight is 413 g/mol. The van der Waals surface area contributed by atoms with Crippen molar-refractivity contribution in [2.24, 2.45) is 0 Å². The molecular weight excluding hydrogens is 394 g/mol. The molecule has 0 saturated carbocycles. The Labute approximate surface area is 171 Å². The van der Waals surface area contributed by atoms with Gasteiger partial charge < -0.3 is 14.8 Å². The van der Waals surface area contributed by atoms with E-state index in [1.807, 2.05) is 24.3 Å². The first-order valence-corrected chi connectivity index (χ1v) is 9.70. The highest BCUT2D eigenvalue weighted by Crippen LogP contribution is 2.27. The van der Waals surface area contributed by atoms with Crippen LogP contribution in [0.25, 0.3) is 11.3 Å². The van der Waals surface area contributed by atoms with Crippen LogP contribution in [0.4, 0.5) is 10.8 Å². The second-order valence-electron chi connectivity index (χ2n) is 6.02. The smallest absolute Gasteiger partial charge is 0.270 e. The normalized spacial score (nSPS) is 10.4. The first-order chi connectivity index (χ1) is 14.0. The highest BCUT2D eigenvalue weighted by molar-refractivity contribution is 7.14. The van der Waals surface area contributed by atoms with Gasteiger partial charge in [-0.05, 0) is 30.7 Å². The van der Waals surface area contributed by atoms with Gasteiger partial charge in [-0.1, -0.05) is 12.1 Å². The number of rotatable bonds is 9. The summed E-state index contributed by atoms with van der Waals surface area (Å²) in [7, 11) is 1.60. The van der Waals surface area contributed by atoms with Crippen LogP contribution in [0.2, 0.25) is 0 Å². The second kappa shape index (κ2) is 9.65. The summed E-state index contributed by atoms with van der Waals surface area (Å²) in [5.74, 6) is 1.31. The van der Waals surface area contributed by atoms with Crippen LogP contribution in [0.1, 0.15) is 12.8 Å². The highest BCUT2D eigenvalue weighted by Gasteiger charge is 2.11. The van der Waals surface area contributed by atoms with Crippen molar-refractivity contribution in [1.82, 2.24) is 4.98 Å². The van der Waals surface area contributed by atoms with Crippen LogP contribution in [0.5, 0.6) is 11.5 Å². The largest absolute Gasteiger partial charge is 0.497 e. The number of thiazole rings is 1. The number of nitrogens with one attached hydrogen (secondary N) is 1. The first kappa shape index (κ1) is 20.3. The summed E-state index contributed by atoms with van der Waals surface area (Å²) in [6.45, 7) is 0.413. The topological polar surface area (TPSA) is 104 Å². The zero-order valence-electron chi connectivity index (χ0n) is 15.7. The molecule has 0 aliphatic rings. The number of non-ortho nitro benzene ring substituents is 1. The lowest BCUT2D eigenvalue weighted by molar-refractivity contribution is -0.384. The predicted molar refractivity (Wildman–Crippen MR) is 111 cm³/mol. The van der Waals surface area contributed by atoms with Crippen molar-refractivity contribution < 1.29 is 19.2 Å². The van der Waals surface area contributed by atoms with E-state index in [2.05, 4.69) is 10.3 Å². The number of hydrogen-bond donors (Lipinski definition) is 1. The number of carbonyl (C=O) groups excluding carboxylic acids is 1. The Balaban J connectivity index is 1.46. The molecule has 9 heteroatoms. The minimum Gasteiger partial charge on any atom is -0.497 e. The van der Waals surface area contributed by atoms with Crippen molar-refractivity contribution in [3.63, 3.8) is 0 Å². The summed E-state index contributed by atoms with van der Waals surface area (Å²) in [5, 5.41) is 15.8. The first-order valence-electron chi connectivity index (χ1n) is 8.82. The minimum atomic E-state index is -0.452. The van der Waals surface area contributed by atoms with Gasteiger partial charge in [0, 0.05) is 29.5 Å². The van der Waals surface area contributed by atoms with E-state index in [0.29, 0.717) is 41.6 Å². The van der Waals surface area contributed by atoms with E-state index in [0.717, 1.165) is 5.75 Å². The fourth-order valence-corrected chi connectivity index (χ4v) is 3.25. The fourth-order valence-electron chi connectivity index (χ4n) is 2.52. The number of methoxy groups -OCH3 is 1. The summed E-state index contributed by atoms with van der Waals surface area (Å²) in [5.41, 5.74) is 1.21. The lowest BCUT2D eigenvalue weighted by Gasteiger charge is -2.07. The van der Waals surface area contributed by atoms with E-state index in [-0.39, 0.29) is 11.6 Å². The molecule has 0 bridgehead atoms. The van der Waals surface area contributed by atoms with Crippen molar-refractivity contribution in [3.05, 3.63) is 64.0 Å². The van der Waals surface area contributed by atoms with Crippen LogP contribution in [0, 0.1) is 10.1 Å². The summed E-state index contributed by atoms with van der Waals surface area (Å²) in [6.07, 6.45) is 0.850. The molecular formula is C20H19N3O5S. The number of hydrogen-bond acceptors (Lipinski definition) is 7. The van der Waals surface area contributed by atoms with Gasteiger partial charge >= 0.3 is 0 Å². The third-order valence-corrected chi connectivity index (χ3v) is 4.74. The molecule has 0 saturated heterocycles. The maximum Gasteiger partial charge on any atom is 0.270 e. The number of carbonyl (C=O) groups is 1. The molecule has 150 valence electrons. The van der Waals surface area contributed by atoms with E-state index in [1.165, 1.54) is 23.5 Å². The molecule has 0 unspecified atom stereocenters. The number of amides is 1. The van der Waals surface area contributed by atoms with E-state index in [4.69, 9.17) is 9.47 Å². The molecule has 3 rings (SSSR count). The van der Waals surface area contributed by atoms with E-state index < -0.39 is 4.92 Å². The number of aromatic nitrogens is 1. The van der Waals surface area contributed by atoms with Gasteiger partial charge in [0.2, 0.25) is 5.91 Å². The standard InChI is InChI=1S/C20H19N3O5S/c1-27-16-7-9-17(10-8-16)28-11-3-6-19(24)22-20-21-18(13-29-20)14-4-2-5-15(12-14)23(25)26/h2,4-5,7-10,12-13H,3,6,11H2,1H3,(H,21,22,24). The number of nitrogens with zero attached hydrogens (tertiary/aromatic N) is 2. The van der Waals surface area contributed by atoms with Gasteiger partial charge in [0.25, 0.3) is 5.69 Å². The second-order valence-corrected chi connectivity index (χ2v) is 6.88. The average Bonchev–Trinajstić information content (AvgIpc) is 3.20. The third-order valence-electron chi connectivity index (χ3n) is 3.98. The molecule has 3 aromatic rings. The lowest BCUT2D eigenvalue weighted by atomic mass is 10.1. The molecule has 2 aromatic carbocycles. The van der Waals surface area contributed by atoms with Crippen LogP contribution < -0.4 is 14.8 Å². The number of nitro groups is 1. The van der Waals surface area contributed by atoms with Crippen LogP contribution in [0.3, 0.4) is 0 Å². The number of nitro benzene ring substituents is 1. The molecule has 1 amide bonds. The molecule has 29 heavy (non-hydrogen) atoms. The van der Waals surface area contributed by atoms with Crippen LogP contribution in [0.15, 0.2) is 53.9 Å². The Hall–Kier alpha value is -3.46. The minimum absolute atomic E-state index is 0.00190. The van der Waals surface area contributed by atoms with Gasteiger partial charge in [-0.25, -0.2) is 4.98 Å². The molecule has 8 nitrogen and oxygen atoms in total. The molecule has 0 aliphatic heterocycles. The SMILES string of the molecule is COc1ccc(OCCCC(=O)Nc2nc(-c3cccc([N+](=O)[O-])c3)cs2)cc1. The van der Waals surface area contributed by atoms with Gasteiger partial charge in [-0.15, -0.1) is 11.3 Å². The highest BCUT2D eigenvalue weighted by atomic mass is 32.1. The maximum atomic E-state index is 12.1. The number of benzene rings is 2. The number of ether oxygens (including phenoxy) is 2. The maximum absolute atomic E-state index is 12.1. The molecule has 1 N–H and O–H groups in total. The van der Waals surface area contributed by atoms with Crippen molar-refractivity contribution in [1.29, 1.82) is 0 Å². The van der Waals surface area contributed by atoms with Crippen LogP contribution in [-0.4, -0.2) is 29.5 Å². The summed E-state index contributed by atoms with van der Waals surface area (Å²) >= 11 is 1.27. The zero-order chi connectivity index (χ0) is 20.6. The Kier molecular flexibility index (Phi) is 6.75. The summed E-state index contributed by atoms with van der Waals surface area (Å²) in [4.78, 5) is 26.9. The Bertz CT molecular complexity index is 988. The Morgan fingerprint density at radius 2 is 1.97 bits per heavy atom. The van der Waals surface area contributed by atoms with Gasteiger partial charge in [0.05, 0.1) is 24.3 Å². The van der Waals surface area contributed by atoms with Crippen molar-refractivity contribution in [2.75, 3.05) is 19.0 Å². The third kappa shape index (κ3) is 5.76. The summed E-state index contributed by atoms with van der Waals surface area (Å²) in [6, 6.07) is 13.5. The van der Waals surface area contributed by atoms with E-state index in [9.17, 15) is 14.9 Å². The fraction of sp³-hybridized carbons (Fsp3) is 0.200. The van der Waals surface area contributed by atoms with Crippen molar-refractivity contribution in [2.45, 2.75) is 12.8 Å². The molecule has 1 heterocycles. The Morgan fingerprint density at radius 1 is 1.21 bits per heavy atom.